The number of methoxy groups -OCH3 is 1. The van der Waals surface area contributed by atoms with Gasteiger partial charge in [0.1, 0.15) is 5.75 Å². The van der Waals surface area contributed by atoms with Gasteiger partial charge in [-0.2, -0.15) is 0 Å². The van der Waals surface area contributed by atoms with Crippen molar-refractivity contribution in [1.82, 2.24) is 0 Å². The molecule has 0 unspecified atom stereocenters. The Balaban J connectivity index is 2.94. The summed E-state index contributed by atoms with van der Waals surface area (Å²) in [7, 11) is 1.60. The molecular formula is C14H20BrNO2. The topological polar surface area (TPSA) is 38.3 Å². The molecule has 0 aromatic heterocycles. The minimum Gasteiger partial charge on any atom is -0.495 e. The first-order valence-electron chi connectivity index (χ1n) is 5.87. The van der Waals surface area contributed by atoms with Gasteiger partial charge in [0, 0.05) is 10.9 Å². The Bertz CT molecular complexity index is 450. The van der Waals surface area contributed by atoms with Crippen LogP contribution in [0.15, 0.2) is 16.6 Å². The Kier molecular flexibility index (Phi) is 4.79. The molecule has 0 heterocycles. The fraction of sp³-hybridized carbons (Fsp3) is 0.500. The number of ether oxygens (including phenoxy) is 1. The molecule has 0 aliphatic heterocycles. The van der Waals surface area contributed by atoms with E-state index in [0.717, 1.165) is 15.7 Å². The molecule has 4 heteroatoms. The van der Waals surface area contributed by atoms with E-state index in [0.29, 0.717) is 12.2 Å². The molecule has 1 N–H and O–H groups in total. The summed E-state index contributed by atoms with van der Waals surface area (Å²) in [5, 5.41) is 2.93. The van der Waals surface area contributed by atoms with E-state index < -0.39 is 0 Å². The van der Waals surface area contributed by atoms with E-state index in [1.165, 1.54) is 0 Å². The number of nitrogens with one attached hydrogen (secondary N) is 1. The van der Waals surface area contributed by atoms with Crippen molar-refractivity contribution < 1.29 is 9.53 Å². The predicted octanol–water partition coefficient (Wildman–Crippen LogP) is 4.14. The van der Waals surface area contributed by atoms with Crippen LogP contribution in [-0.2, 0) is 4.79 Å². The van der Waals surface area contributed by atoms with Crippen molar-refractivity contribution in [2.75, 3.05) is 12.4 Å². The van der Waals surface area contributed by atoms with Crippen molar-refractivity contribution in [2.45, 2.75) is 34.1 Å². The van der Waals surface area contributed by atoms with Crippen LogP contribution in [0.25, 0.3) is 0 Å². The number of amides is 1. The minimum atomic E-state index is -0.0272. The van der Waals surface area contributed by atoms with Crippen molar-refractivity contribution in [3.63, 3.8) is 0 Å². The smallest absolute Gasteiger partial charge is 0.225 e. The van der Waals surface area contributed by atoms with Gasteiger partial charge in [0.2, 0.25) is 5.91 Å². The molecule has 0 aliphatic rings. The fourth-order valence-corrected chi connectivity index (χ4v) is 2.25. The maximum absolute atomic E-state index is 12.0. The molecule has 18 heavy (non-hydrogen) atoms. The lowest BCUT2D eigenvalue weighted by molar-refractivity contribution is -0.117. The standard InChI is InChI=1S/C14H20BrNO2/c1-9-6-10(15)7-11(18-5)13(9)16-12(17)8-14(2,3)4/h6-7H,8H2,1-5H3,(H,16,17). The molecule has 0 bridgehead atoms. The maximum Gasteiger partial charge on any atom is 0.225 e. The van der Waals surface area contributed by atoms with Crippen molar-refractivity contribution in [1.29, 1.82) is 0 Å². The van der Waals surface area contributed by atoms with Crippen LogP contribution in [-0.4, -0.2) is 13.0 Å². The van der Waals surface area contributed by atoms with Crippen LogP contribution in [0, 0.1) is 12.3 Å². The first-order chi connectivity index (χ1) is 8.23. The molecule has 0 radical (unpaired) electrons. The second-order valence-corrected chi connectivity index (χ2v) is 6.50. The third-order valence-corrected chi connectivity index (χ3v) is 2.90. The van der Waals surface area contributed by atoms with Crippen molar-refractivity contribution in [3.8, 4) is 5.75 Å². The SMILES string of the molecule is COc1cc(Br)cc(C)c1NC(=O)CC(C)(C)C. The first-order valence-corrected chi connectivity index (χ1v) is 6.66. The lowest BCUT2D eigenvalue weighted by Gasteiger charge is -2.19. The summed E-state index contributed by atoms with van der Waals surface area (Å²) in [6.07, 6.45) is 0.478. The zero-order chi connectivity index (χ0) is 13.9. The molecule has 1 rings (SSSR count). The van der Waals surface area contributed by atoms with E-state index in [-0.39, 0.29) is 11.3 Å². The number of carbonyl (C=O) groups excluding carboxylic acids is 1. The molecule has 0 atom stereocenters. The molecule has 1 aromatic carbocycles. The molecule has 0 aliphatic carbocycles. The number of hydrogen-bond donors (Lipinski definition) is 1. The number of benzene rings is 1. The second-order valence-electron chi connectivity index (χ2n) is 5.59. The van der Waals surface area contributed by atoms with Gasteiger partial charge < -0.3 is 10.1 Å². The van der Waals surface area contributed by atoms with Crippen LogP contribution in [0.5, 0.6) is 5.75 Å². The molecular weight excluding hydrogens is 294 g/mol. The third kappa shape index (κ3) is 4.33. The number of carbonyl (C=O) groups is 1. The van der Waals surface area contributed by atoms with Crippen molar-refractivity contribution in [2.24, 2.45) is 5.41 Å². The number of anilines is 1. The van der Waals surface area contributed by atoms with Crippen molar-refractivity contribution in [3.05, 3.63) is 22.2 Å². The van der Waals surface area contributed by atoms with Crippen LogP contribution in [0.2, 0.25) is 0 Å². The van der Waals surface area contributed by atoms with E-state index in [1.54, 1.807) is 7.11 Å². The lowest BCUT2D eigenvalue weighted by Crippen LogP contribution is -2.20. The van der Waals surface area contributed by atoms with Gasteiger partial charge in [0.05, 0.1) is 12.8 Å². The molecule has 1 amide bonds. The highest BCUT2D eigenvalue weighted by Crippen LogP contribution is 2.32. The predicted molar refractivity (Wildman–Crippen MR) is 78.1 cm³/mol. The fourth-order valence-electron chi connectivity index (χ4n) is 1.70. The minimum absolute atomic E-state index is 0.00576. The van der Waals surface area contributed by atoms with Crippen LogP contribution in [0.1, 0.15) is 32.8 Å². The Labute approximate surface area is 117 Å². The van der Waals surface area contributed by atoms with Gasteiger partial charge in [0.25, 0.3) is 0 Å². The van der Waals surface area contributed by atoms with Gasteiger partial charge in [-0.05, 0) is 30.0 Å². The van der Waals surface area contributed by atoms with E-state index in [1.807, 2.05) is 39.8 Å². The van der Waals surface area contributed by atoms with Crippen LogP contribution >= 0.6 is 15.9 Å². The number of hydrogen-bond acceptors (Lipinski definition) is 2. The largest absolute Gasteiger partial charge is 0.495 e. The van der Waals surface area contributed by atoms with Crippen LogP contribution in [0.3, 0.4) is 0 Å². The second kappa shape index (κ2) is 5.74. The summed E-state index contributed by atoms with van der Waals surface area (Å²) in [6.45, 7) is 8.06. The highest BCUT2D eigenvalue weighted by Gasteiger charge is 2.18. The quantitative estimate of drug-likeness (QED) is 0.910. The van der Waals surface area contributed by atoms with E-state index in [2.05, 4.69) is 21.2 Å². The third-order valence-electron chi connectivity index (χ3n) is 2.44. The average molecular weight is 314 g/mol. The van der Waals surface area contributed by atoms with E-state index in [4.69, 9.17) is 4.74 Å². The van der Waals surface area contributed by atoms with Crippen LogP contribution in [0.4, 0.5) is 5.69 Å². The Morgan fingerprint density at radius 3 is 2.50 bits per heavy atom. The Hall–Kier alpha value is -1.03. The zero-order valence-electron chi connectivity index (χ0n) is 11.6. The van der Waals surface area contributed by atoms with E-state index in [9.17, 15) is 4.79 Å². The van der Waals surface area contributed by atoms with Gasteiger partial charge in [-0.3, -0.25) is 4.79 Å². The van der Waals surface area contributed by atoms with E-state index >= 15 is 0 Å². The zero-order valence-corrected chi connectivity index (χ0v) is 13.1. The Morgan fingerprint density at radius 2 is 2.00 bits per heavy atom. The summed E-state index contributed by atoms with van der Waals surface area (Å²) in [4.78, 5) is 12.0. The monoisotopic (exact) mass is 313 g/mol. The van der Waals surface area contributed by atoms with Gasteiger partial charge in [-0.1, -0.05) is 36.7 Å². The van der Waals surface area contributed by atoms with Crippen molar-refractivity contribution >= 4 is 27.5 Å². The Morgan fingerprint density at radius 1 is 1.39 bits per heavy atom. The molecule has 0 saturated heterocycles. The summed E-state index contributed by atoms with van der Waals surface area (Å²) in [6, 6.07) is 3.80. The maximum atomic E-state index is 12.0. The van der Waals surface area contributed by atoms with Gasteiger partial charge >= 0.3 is 0 Å². The number of aryl methyl sites for hydroxylation is 1. The van der Waals surface area contributed by atoms with Gasteiger partial charge in [-0.15, -0.1) is 0 Å². The molecule has 3 nitrogen and oxygen atoms in total. The van der Waals surface area contributed by atoms with Gasteiger partial charge in [0.15, 0.2) is 0 Å². The lowest BCUT2D eigenvalue weighted by atomic mass is 9.92. The molecule has 1 aromatic rings. The van der Waals surface area contributed by atoms with Gasteiger partial charge in [-0.25, -0.2) is 0 Å². The number of rotatable bonds is 3. The summed E-state index contributed by atoms with van der Waals surface area (Å²) < 4.78 is 6.23. The molecule has 0 saturated carbocycles. The number of halogens is 1. The normalized spacial score (nSPS) is 11.2. The summed E-state index contributed by atoms with van der Waals surface area (Å²) in [5.74, 6) is 0.676. The highest BCUT2D eigenvalue weighted by atomic mass is 79.9. The summed E-state index contributed by atoms with van der Waals surface area (Å²) in [5.41, 5.74) is 1.69. The molecule has 0 spiro atoms. The van der Waals surface area contributed by atoms with Crippen LogP contribution < -0.4 is 10.1 Å². The first kappa shape index (κ1) is 15.0. The average Bonchev–Trinajstić information content (AvgIpc) is 2.18. The molecule has 0 fully saturated rings. The molecule has 100 valence electrons. The highest BCUT2D eigenvalue weighted by molar-refractivity contribution is 9.10. The summed E-state index contributed by atoms with van der Waals surface area (Å²) >= 11 is 3.41.